The molecule has 1 unspecified atom stereocenters. The maximum absolute atomic E-state index is 6.07. The van der Waals surface area contributed by atoms with Crippen molar-refractivity contribution in [3.63, 3.8) is 0 Å². The van der Waals surface area contributed by atoms with Crippen molar-refractivity contribution in [3.8, 4) is 0 Å². The fraction of sp³-hybridized carbons (Fsp3) is 0.467. The lowest BCUT2D eigenvalue weighted by Crippen LogP contribution is -2.33. The zero-order chi connectivity index (χ0) is 13.7. The normalized spacial score (nSPS) is 16.7. The molecule has 0 amide bonds. The highest BCUT2D eigenvalue weighted by molar-refractivity contribution is 6.42. The summed E-state index contributed by atoms with van der Waals surface area (Å²) in [5.74, 6) is 0. The molecule has 19 heavy (non-hydrogen) atoms. The van der Waals surface area contributed by atoms with Crippen LogP contribution in [-0.2, 0) is 11.2 Å². The maximum Gasteiger partial charge on any atom is 0.0876 e. The molecule has 1 aromatic rings. The lowest BCUT2D eigenvalue weighted by Gasteiger charge is -2.24. The van der Waals surface area contributed by atoms with Gasteiger partial charge in [-0.3, -0.25) is 0 Å². The van der Waals surface area contributed by atoms with Crippen molar-refractivity contribution in [1.82, 2.24) is 5.32 Å². The van der Waals surface area contributed by atoms with E-state index in [0.717, 1.165) is 32.4 Å². The van der Waals surface area contributed by atoms with Crippen molar-refractivity contribution in [3.05, 3.63) is 45.6 Å². The van der Waals surface area contributed by atoms with Gasteiger partial charge in [-0.25, -0.2) is 0 Å². The molecule has 1 aliphatic heterocycles. The molecule has 0 spiro atoms. The molecule has 1 aromatic carbocycles. The summed E-state index contributed by atoms with van der Waals surface area (Å²) in [5, 5.41) is 4.73. The van der Waals surface area contributed by atoms with E-state index in [1.165, 1.54) is 11.1 Å². The minimum atomic E-state index is 0.308. The molecule has 2 rings (SSSR count). The first-order valence-electron chi connectivity index (χ1n) is 6.68. The second-order valence-corrected chi connectivity index (χ2v) is 5.54. The van der Waals surface area contributed by atoms with Crippen LogP contribution >= 0.6 is 23.2 Å². The molecule has 0 aliphatic carbocycles. The van der Waals surface area contributed by atoms with Gasteiger partial charge in [0, 0.05) is 6.04 Å². The summed E-state index contributed by atoms with van der Waals surface area (Å²) in [6, 6.07) is 6.14. The third kappa shape index (κ3) is 4.13. The van der Waals surface area contributed by atoms with Gasteiger partial charge in [0.2, 0.25) is 0 Å². The zero-order valence-electron chi connectivity index (χ0n) is 11.1. The molecule has 0 saturated heterocycles. The Bertz CT molecular complexity index is 459. The van der Waals surface area contributed by atoms with Gasteiger partial charge in [-0.05, 0) is 49.1 Å². The number of benzene rings is 1. The highest BCUT2D eigenvalue weighted by atomic mass is 35.5. The van der Waals surface area contributed by atoms with Crippen LogP contribution in [0.2, 0.25) is 10.0 Å². The van der Waals surface area contributed by atoms with Gasteiger partial charge < -0.3 is 10.1 Å². The fourth-order valence-electron chi connectivity index (χ4n) is 2.32. The van der Waals surface area contributed by atoms with Crippen LogP contribution < -0.4 is 5.32 Å². The van der Waals surface area contributed by atoms with Gasteiger partial charge in [0.25, 0.3) is 0 Å². The molecule has 2 nitrogen and oxygen atoms in total. The molecule has 1 heterocycles. The van der Waals surface area contributed by atoms with Gasteiger partial charge in [0.15, 0.2) is 0 Å². The summed E-state index contributed by atoms with van der Waals surface area (Å²) in [5.41, 5.74) is 2.52. The summed E-state index contributed by atoms with van der Waals surface area (Å²) >= 11 is 12.0. The fourth-order valence-corrected chi connectivity index (χ4v) is 2.64. The van der Waals surface area contributed by atoms with E-state index in [9.17, 15) is 0 Å². The highest BCUT2D eigenvalue weighted by Crippen LogP contribution is 2.25. The van der Waals surface area contributed by atoms with Gasteiger partial charge in [-0.2, -0.15) is 0 Å². The van der Waals surface area contributed by atoms with Crippen LogP contribution in [0.5, 0.6) is 0 Å². The Labute approximate surface area is 124 Å². The summed E-state index contributed by atoms with van der Waals surface area (Å²) in [6.45, 7) is 3.88. The highest BCUT2D eigenvalue weighted by Gasteiger charge is 2.17. The summed E-state index contributed by atoms with van der Waals surface area (Å²) in [6.07, 6.45) is 5.00. The van der Waals surface area contributed by atoms with Crippen molar-refractivity contribution in [2.45, 2.75) is 32.2 Å². The molecule has 104 valence electrons. The summed E-state index contributed by atoms with van der Waals surface area (Å²) in [7, 11) is 0. The molecule has 0 radical (unpaired) electrons. The predicted molar refractivity (Wildman–Crippen MR) is 80.9 cm³/mol. The Hall–Kier alpha value is -0.700. The standard InChI is InChI=1S/C15H19Cl2NO/c1-2-18-15(12-4-3-7-19-10-12)9-11-5-6-13(16)14(17)8-11/h5-6,8,10,15,18H,2-4,7,9H2,1H3. The Balaban J connectivity index is 2.11. The van der Waals surface area contributed by atoms with Crippen LogP contribution in [0, 0.1) is 0 Å². The number of ether oxygens (including phenoxy) is 1. The van der Waals surface area contributed by atoms with Crippen LogP contribution in [0.25, 0.3) is 0 Å². The number of nitrogens with one attached hydrogen (secondary N) is 1. The Morgan fingerprint density at radius 2 is 2.16 bits per heavy atom. The minimum Gasteiger partial charge on any atom is -0.501 e. The van der Waals surface area contributed by atoms with Gasteiger partial charge in [0.1, 0.15) is 0 Å². The lowest BCUT2D eigenvalue weighted by atomic mass is 9.95. The van der Waals surface area contributed by atoms with Crippen LogP contribution in [0.4, 0.5) is 0 Å². The third-order valence-corrected chi connectivity index (χ3v) is 4.02. The van der Waals surface area contributed by atoms with Gasteiger partial charge in [-0.1, -0.05) is 36.2 Å². The van der Waals surface area contributed by atoms with E-state index in [2.05, 4.69) is 12.2 Å². The molecular formula is C15H19Cl2NO. The summed E-state index contributed by atoms with van der Waals surface area (Å²) in [4.78, 5) is 0. The van der Waals surface area contributed by atoms with Crippen LogP contribution in [0.1, 0.15) is 25.3 Å². The molecule has 4 heteroatoms. The van der Waals surface area contributed by atoms with Crippen LogP contribution in [0.3, 0.4) is 0 Å². The van der Waals surface area contributed by atoms with Gasteiger partial charge in [0.05, 0.1) is 22.9 Å². The van der Waals surface area contributed by atoms with Crippen molar-refractivity contribution in [1.29, 1.82) is 0 Å². The Kier molecular flexibility index (Phi) is 5.56. The Morgan fingerprint density at radius 1 is 1.32 bits per heavy atom. The number of likely N-dealkylation sites (N-methyl/N-ethyl adjacent to an activating group) is 1. The minimum absolute atomic E-state index is 0.308. The van der Waals surface area contributed by atoms with Crippen LogP contribution in [-0.4, -0.2) is 19.2 Å². The molecule has 1 N–H and O–H groups in total. The third-order valence-electron chi connectivity index (χ3n) is 3.28. The van der Waals surface area contributed by atoms with E-state index in [-0.39, 0.29) is 0 Å². The van der Waals surface area contributed by atoms with Crippen molar-refractivity contribution < 1.29 is 4.74 Å². The van der Waals surface area contributed by atoms with Gasteiger partial charge >= 0.3 is 0 Å². The monoisotopic (exact) mass is 299 g/mol. The molecule has 1 aliphatic rings. The predicted octanol–water partition coefficient (Wildman–Crippen LogP) is 4.21. The second kappa shape index (κ2) is 7.18. The van der Waals surface area contributed by atoms with Crippen molar-refractivity contribution >= 4 is 23.2 Å². The molecular weight excluding hydrogens is 281 g/mol. The van der Waals surface area contributed by atoms with E-state index >= 15 is 0 Å². The number of hydrogen-bond donors (Lipinski definition) is 1. The van der Waals surface area contributed by atoms with Crippen molar-refractivity contribution in [2.75, 3.05) is 13.2 Å². The maximum atomic E-state index is 6.07. The number of hydrogen-bond acceptors (Lipinski definition) is 2. The molecule has 0 aromatic heterocycles. The van der Waals surface area contributed by atoms with E-state index in [1.807, 2.05) is 24.5 Å². The topological polar surface area (TPSA) is 21.3 Å². The average Bonchev–Trinajstić information content (AvgIpc) is 2.43. The first-order valence-corrected chi connectivity index (χ1v) is 7.44. The van der Waals surface area contributed by atoms with E-state index in [4.69, 9.17) is 27.9 Å². The van der Waals surface area contributed by atoms with E-state index in [1.54, 1.807) is 0 Å². The number of halogens is 2. The number of rotatable bonds is 5. The van der Waals surface area contributed by atoms with Crippen LogP contribution in [0.15, 0.2) is 30.0 Å². The second-order valence-electron chi connectivity index (χ2n) is 4.73. The molecule has 1 atom stereocenters. The van der Waals surface area contributed by atoms with E-state index in [0.29, 0.717) is 16.1 Å². The zero-order valence-corrected chi connectivity index (χ0v) is 12.6. The average molecular weight is 300 g/mol. The quantitative estimate of drug-likeness (QED) is 0.879. The first-order chi connectivity index (χ1) is 9.20. The molecule has 0 saturated carbocycles. The molecule has 0 fully saturated rings. The van der Waals surface area contributed by atoms with Gasteiger partial charge in [-0.15, -0.1) is 0 Å². The smallest absolute Gasteiger partial charge is 0.0876 e. The Morgan fingerprint density at radius 3 is 2.79 bits per heavy atom. The SMILES string of the molecule is CCNC(Cc1ccc(Cl)c(Cl)c1)C1=COCCC1. The summed E-state index contributed by atoms with van der Waals surface area (Å²) < 4.78 is 5.44. The van der Waals surface area contributed by atoms with E-state index < -0.39 is 0 Å². The first kappa shape index (κ1) is 14.7. The molecule has 0 bridgehead atoms. The van der Waals surface area contributed by atoms with Crippen molar-refractivity contribution in [2.24, 2.45) is 0 Å². The lowest BCUT2D eigenvalue weighted by molar-refractivity contribution is 0.219. The largest absolute Gasteiger partial charge is 0.501 e.